The Kier molecular flexibility index (Phi) is 11.3. The third-order valence-corrected chi connectivity index (χ3v) is 12.5. The minimum Gasteiger partial charge on any atom is -0.448 e. The fourth-order valence-electron chi connectivity index (χ4n) is 8.14. The fraction of sp³-hybridized carbons (Fsp3) is 0.853. The summed E-state index contributed by atoms with van der Waals surface area (Å²) in [5, 5.41) is 15.6. The molecule has 0 aliphatic carbocycles. The number of ether oxygens (including phenoxy) is 5. The zero-order valence-electron chi connectivity index (χ0n) is 28.2. The SMILES string of the molecule is C#CCCN(C)[C@@H]1C[C@H](O[C@@H]2[C@@H](C)C(=O)[C@@H](C)C(=O)O[C@H](I)[C@@](C)(O)[C@@H]3NC4COCC4N=C([C@@H]4CO[C@]2(C)C4)[C@@H]3C)O[C@H](C)C1. The molecular weight excluding hydrogens is 705 g/mol. The summed E-state index contributed by atoms with van der Waals surface area (Å²) in [5.41, 5.74) is -1.41. The predicted octanol–water partition coefficient (Wildman–Crippen LogP) is 2.74. The van der Waals surface area contributed by atoms with E-state index in [2.05, 4.69) is 30.1 Å². The van der Waals surface area contributed by atoms with Crippen molar-refractivity contribution in [1.82, 2.24) is 10.2 Å². The number of aliphatic imine (C=N–C) groups is 1. The van der Waals surface area contributed by atoms with E-state index in [4.69, 9.17) is 35.1 Å². The smallest absolute Gasteiger partial charge is 0.317 e. The zero-order valence-corrected chi connectivity index (χ0v) is 30.4. The number of halogens is 1. The van der Waals surface area contributed by atoms with Crippen LogP contribution in [0.25, 0.3) is 0 Å². The van der Waals surface area contributed by atoms with Gasteiger partial charge in [0.2, 0.25) is 0 Å². The second kappa shape index (κ2) is 14.4. The lowest BCUT2D eigenvalue weighted by molar-refractivity contribution is -0.258. The molecule has 258 valence electrons. The van der Waals surface area contributed by atoms with E-state index in [0.717, 1.165) is 18.7 Å². The van der Waals surface area contributed by atoms with Gasteiger partial charge in [-0.25, -0.2) is 0 Å². The average molecular weight is 758 g/mol. The summed E-state index contributed by atoms with van der Waals surface area (Å²) in [5.74, 6) is -0.323. The highest BCUT2D eigenvalue weighted by atomic mass is 127. The van der Waals surface area contributed by atoms with Crippen LogP contribution < -0.4 is 5.32 Å². The van der Waals surface area contributed by atoms with Crippen molar-refractivity contribution < 1.29 is 38.4 Å². The lowest BCUT2D eigenvalue weighted by atomic mass is 9.75. The van der Waals surface area contributed by atoms with Crippen LogP contribution in [0, 0.1) is 36.0 Å². The van der Waals surface area contributed by atoms with E-state index in [0.29, 0.717) is 39.1 Å². The van der Waals surface area contributed by atoms with Crippen LogP contribution >= 0.6 is 22.6 Å². The van der Waals surface area contributed by atoms with Gasteiger partial charge in [-0.1, -0.05) is 13.8 Å². The number of carbonyl (C=O) groups excluding carboxylic acids is 2. The van der Waals surface area contributed by atoms with E-state index in [1.54, 1.807) is 20.8 Å². The highest BCUT2D eigenvalue weighted by Gasteiger charge is 2.55. The fourth-order valence-corrected chi connectivity index (χ4v) is 8.78. The van der Waals surface area contributed by atoms with E-state index in [1.807, 2.05) is 36.4 Å². The number of Topliss-reactive ketones (excluding diaryl/α,β-unsaturated/α-hetero) is 1. The molecule has 4 fully saturated rings. The number of rotatable bonds is 5. The van der Waals surface area contributed by atoms with Crippen LogP contribution in [-0.2, 0) is 33.3 Å². The number of hydrogen-bond donors (Lipinski definition) is 2. The minimum absolute atomic E-state index is 0.0545. The first kappa shape index (κ1) is 36.1. The Bertz CT molecular complexity index is 1210. The largest absolute Gasteiger partial charge is 0.448 e. The molecule has 5 rings (SSSR count). The van der Waals surface area contributed by atoms with Gasteiger partial charge >= 0.3 is 5.97 Å². The van der Waals surface area contributed by atoms with Crippen LogP contribution in [-0.4, -0.2) is 119 Å². The second-order valence-electron chi connectivity index (χ2n) is 14.6. The average Bonchev–Trinajstić information content (AvgIpc) is 3.60. The Morgan fingerprint density at radius 2 is 1.89 bits per heavy atom. The number of esters is 1. The molecule has 5 aliphatic heterocycles. The predicted molar refractivity (Wildman–Crippen MR) is 181 cm³/mol. The van der Waals surface area contributed by atoms with Crippen LogP contribution in [0.15, 0.2) is 4.99 Å². The highest BCUT2D eigenvalue weighted by molar-refractivity contribution is 14.1. The Labute approximate surface area is 287 Å². The lowest BCUT2D eigenvalue weighted by Gasteiger charge is -2.44. The number of nitrogens with one attached hydrogen (secondary N) is 1. The monoisotopic (exact) mass is 757 g/mol. The van der Waals surface area contributed by atoms with Crippen molar-refractivity contribution in [3.8, 4) is 12.3 Å². The number of carbonyl (C=O) groups is 2. The number of aliphatic hydroxyl groups is 1. The summed E-state index contributed by atoms with van der Waals surface area (Å²) in [6.45, 7) is 13.3. The van der Waals surface area contributed by atoms with Crippen molar-refractivity contribution in [1.29, 1.82) is 0 Å². The normalized spacial score (nSPS) is 46.9. The van der Waals surface area contributed by atoms with E-state index < -0.39 is 51.6 Å². The van der Waals surface area contributed by atoms with Gasteiger partial charge in [0.05, 0.1) is 49.7 Å². The Morgan fingerprint density at radius 1 is 1.15 bits per heavy atom. The molecule has 5 aliphatic rings. The number of ketones is 1. The number of alkyl halides is 1. The molecule has 4 saturated heterocycles. The van der Waals surface area contributed by atoms with Gasteiger partial charge in [-0.15, -0.1) is 12.3 Å². The number of cyclic esters (lactones) is 1. The molecule has 12 heteroatoms. The molecule has 0 aromatic heterocycles. The maximum absolute atomic E-state index is 14.0. The van der Waals surface area contributed by atoms with E-state index in [9.17, 15) is 14.7 Å². The maximum Gasteiger partial charge on any atom is 0.317 e. The molecule has 14 atom stereocenters. The summed E-state index contributed by atoms with van der Waals surface area (Å²) in [6, 6.07) is -0.492. The van der Waals surface area contributed by atoms with Gasteiger partial charge in [-0.05, 0) is 70.2 Å². The summed E-state index contributed by atoms with van der Waals surface area (Å²) >= 11 is 1.97. The molecular formula is C34H52IN3O8. The van der Waals surface area contributed by atoms with Gasteiger partial charge in [0.25, 0.3) is 0 Å². The molecule has 5 heterocycles. The van der Waals surface area contributed by atoms with Crippen molar-refractivity contribution >= 4 is 40.1 Å². The number of nitrogens with zero attached hydrogens (tertiary/aromatic N) is 2. The second-order valence-corrected chi connectivity index (χ2v) is 15.7. The van der Waals surface area contributed by atoms with Crippen LogP contribution in [0.3, 0.4) is 0 Å². The summed E-state index contributed by atoms with van der Waals surface area (Å²) in [4.78, 5) is 35.0. The maximum atomic E-state index is 14.0. The van der Waals surface area contributed by atoms with Gasteiger partial charge in [0.1, 0.15) is 11.5 Å². The first-order valence-corrected chi connectivity index (χ1v) is 18.0. The molecule has 0 radical (unpaired) electrons. The third-order valence-electron chi connectivity index (χ3n) is 11.0. The quantitative estimate of drug-likeness (QED) is 0.142. The molecule has 2 N–H and O–H groups in total. The van der Waals surface area contributed by atoms with Gasteiger partial charge in [0, 0.05) is 54.9 Å². The molecule has 11 nitrogen and oxygen atoms in total. The Hall–Kier alpha value is -1.18. The molecule has 0 amide bonds. The van der Waals surface area contributed by atoms with Crippen LogP contribution in [0.2, 0.25) is 0 Å². The van der Waals surface area contributed by atoms with Crippen molar-refractivity contribution in [3.05, 3.63) is 0 Å². The topological polar surface area (TPSA) is 128 Å². The number of terminal acetylenes is 1. The molecule has 0 aromatic carbocycles. The van der Waals surface area contributed by atoms with Gasteiger partial charge in [0.15, 0.2) is 16.2 Å². The van der Waals surface area contributed by atoms with Crippen LogP contribution in [0.5, 0.6) is 0 Å². The number of fused-ring (bicyclic) bond motifs is 6. The van der Waals surface area contributed by atoms with Gasteiger partial charge in [-0.3, -0.25) is 14.6 Å². The zero-order chi connectivity index (χ0) is 33.6. The Balaban J connectivity index is 1.50. The third kappa shape index (κ3) is 7.22. The lowest BCUT2D eigenvalue weighted by Crippen LogP contribution is -2.62. The first-order chi connectivity index (χ1) is 21.7. The summed E-state index contributed by atoms with van der Waals surface area (Å²) in [7, 11) is 2.07. The van der Waals surface area contributed by atoms with Crippen molar-refractivity contribution in [2.24, 2.45) is 28.7 Å². The van der Waals surface area contributed by atoms with Crippen molar-refractivity contribution in [2.45, 2.75) is 125 Å². The molecule has 0 spiro atoms. The molecule has 46 heavy (non-hydrogen) atoms. The van der Waals surface area contributed by atoms with Crippen molar-refractivity contribution in [3.63, 3.8) is 0 Å². The summed E-state index contributed by atoms with van der Waals surface area (Å²) < 4.78 is 30.5. The van der Waals surface area contributed by atoms with E-state index >= 15 is 0 Å². The van der Waals surface area contributed by atoms with Crippen molar-refractivity contribution in [2.75, 3.05) is 33.4 Å². The highest BCUT2D eigenvalue weighted by Crippen LogP contribution is 2.43. The minimum atomic E-state index is -1.47. The van der Waals surface area contributed by atoms with Crippen LogP contribution in [0.4, 0.5) is 0 Å². The van der Waals surface area contributed by atoms with E-state index in [-0.39, 0.29) is 41.8 Å². The first-order valence-electron chi connectivity index (χ1n) is 16.8. The molecule has 0 aromatic rings. The molecule has 4 bridgehead atoms. The van der Waals surface area contributed by atoms with Crippen LogP contribution in [0.1, 0.15) is 67.2 Å². The molecule has 2 unspecified atom stereocenters. The van der Waals surface area contributed by atoms with Gasteiger partial charge in [-0.2, -0.15) is 0 Å². The standard InChI is InChI=1S/C34H52IN3O8/c1-9-10-11-38(8)23-12-18(2)44-26(13-23)45-30-20(4)28(39)21(5)31(40)46-32(35)34(7,41)29-19(3)27(22-14-33(30,6)43-15-22)36-24-16-42-17-25(24)37-29/h1,18-26,29-30,32,37,41H,10-17H2,2-8H3/t18-,19+,20+,21-,22+,23+,24?,25?,26+,29-,30-,32+,33-,34+/m1/s1. The Morgan fingerprint density at radius 3 is 2.61 bits per heavy atom. The number of hydrogen-bond acceptors (Lipinski definition) is 11. The summed E-state index contributed by atoms with van der Waals surface area (Å²) in [6.07, 6.45) is 6.88. The van der Waals surface area contributed by atoms with Gasteiger partial charge < -0.3 is 39.0 Å². The van der Waals surface area contributed by atoms with E-state index in [1.165, 1.54) is 0 Å². The molecule has 0 saturated carbocycles.